The lowest BCUT2D eigenvalue weighted by molar-refractivity contribution is -0.0287. The highest BCUT2D eigenvalue weighted by molar-refractivity contribution is 5.28. The Kier molecular flexibility index (Phi) is 2.68. The fourth-order valence-electron chi connectivity index (χ4n) is 2.14. The number of aliphatic hydroxyl groups excluding tert-OH is 1. The molecule has 0 saturated carbocycles. The van der Waals surface area contributed by atoms with E-state index in [1.165, 1.54) is 0 Å². The highest BCUT2D eigenvalue weighted by atomic mass is 16.5. The summed E-state index contributed by atoms with van der Waals surface area (Å²) in [6, 6.07) is 0.306. The number of aromatic nitrogens is 4. The Morgan fingerprint density at radius 1 is 1.44 bits per heavy atom. The number of nitrogens with zero attached hydrogens (tertiary/aromatic N) is 4. The van der Waals surface area contributed by atoms with Crippen molar-refractivity contribution in [1.29, 1.82) is 0 Å². The lowest BCUT2D eigenvalue weighted by Gasteiger charge is -2.25. The van der Waals surface area contributed by atoms with Gasteiger partial charge in [0.05, 0.1) is 31.1 Å². The Hall–Kier alpha value is -1.66. The zero-order chi connectivity index (χ0) is 12.7. The second kappa shape index (κ2) is 4.22. The highest BCUT2D eigenvalue weighted by Crippen LogP contribution is 2.25. The lowest BCUT2D eigenvalue weighted by Crippen LogP contribution is -2.30. The van der Waals surface area contributed by atoms with Crippen molar-refractivity contribution in [2.24, 2.45) is 7.05 Å². The van der Waals surface area contributed by atoms with Crippen molar-refractivity contribution in [1.82, 2.24) is 19.6 Å². The first-order valence-electron chi connectivity index (χ1n) is 5.95. The SMILES string of the molecule is Cc1nn(C)cc1C(O)c1cnn(C2COC2)c1. The van der Waals surface area contributed by atoms with Gasteiger partial charge in [0.1, 0.15) is 6.10 Å². The summed E-state index contributed by atoms with van der Waals surface area (Å²) >= 11 is 0. The van der Waals surface area contributed by atoms with Crippen LogP contribution in [0.4, 0.5) is 0 Å². The Balaban J connectivity index is 1.85. The van der Waals surface area contributed by atoms with E-state index in [1.54, 1.807) is 10.9 Å². The first kappa shape index (κ1) is 11.4. The van der Waals surface area contributed by atoms with Gasteiger partial charge in [-0.25, -0.2) is 0 Å². The molecule has 1 aliphatic rings. The summed E-state index contributed by atoms with van der Waals surface area (Å²) < 4.78 is 8.69. The van der Waals surface area contributed by atoms with Gasteiger partial charge in [0.15, 0.2) is 0 Å². The molecule has 0 aliphatic carbocycles. The van der Waals surface area contributed by atoms with Gasteiger partial charge in [-0.2, -0.15) is 10.2 Å². The van der Waals surface area contributed by atoms with Crippen molar-refractivity contribution >= 4 is 0 Å². The number of hydrogen-bond acceptors (Lipinski definition) is 4. The second-order valence-corrected chi connectivity index (χ2v) is 4.69. The van der Waals surface area contributed by atoms with E-state index in [0.29, 0.717) is 19.3 Å². The minimum Gasteiger partial charge on any atom is -0.383 e. The van der Waals surface area contributed by atoms with Gasteiger partial charge in [0.25, 0.3) is 0 Å². The summed E-state index contributed by atoms with van der Waals surface area (Å²) in [5.41, 5.74) is 2.45. The molecule has 0 radical (unpaired) electrons. The molecule has 18 heavy (non-hydrogen) atoms. The summed E-state index contributed by atoms with van der Waals surface area (Å²) in [4.78, 5) is 0. The molecule has 3 rings (SSSR count). The Morgan fingerprint density at radius 2 is 2.22 bits per heavy atom. The van der Waals surface area contributed by atoms with Crippen LogP contribution in [0, 0.1) is 6.92 Å². The van der Waals surface area contributed by atoms with Crippen molar-refractivity contribution in [3.8, 4) is 0 Å². The maximum atomic E-state index is 10.3. The van der Waals surface area contributed by atoms with Crippen molar-refractivity contribution in [3.05, 3.63) is 35.4 Å². The number of rotatable bonds is 3. The largest absolute Gasteiger partial charge is 0.383 e. The zero-order valence-corrected chi connectivity index (χ0v) is 10.4. The summed E-state index contributed by atoms with van der Waals surface area (Å²) in [6.07, 6.45) is 4.75. The molecule has 1 N–H and O–H groups in total. The van der Waals surface area contributed by atoms with E-state index >= 15 is 0 Å². The van der Waals surface area contributed by atoms with Crippen molar-refractivity contribution < 1.29 is 9.84 Å². The molecule has 96 valence electrons. The molecule has 0 bridgehead atoms. The normalized spacial score (nSPS) is 17.7. The van der Waals surface area contributed by atoms with E-state index in [4.69, 9.17) is 4.74 Å². The standard InChI is InChI=1S/C12H16N4O2/c1-8-11(5-15(2)14-8)12(17)9-3-13-16(4-9)10-6-18-7-10/h3-5,10,12,17H,6-7H2,1-2H3. The molecule has 6 nitrogen and oxygen atoms in total. The first-order valence-corrected chi connectivity index (χ1v) is 5.95. The lowest BCUT2D eigenvalue weighted by atomic mass is 10.1. The van der Waals surface area contributed by atoms with E-state index < -0.39 is 6.10 Å². The van der Waals surface area contributed by atoms with Gasteiger partial charge in [0.2, 0.25) is 0 Å². The minimum atomic E-state index is -0.673. The second-order valence-electron chi connectivity index (χ2n) is 4.69. The van der Waals surface area contributed by atoms with Crippen molar-refractivity contribution in [2.75, 3.05) is 13.2 Å². The Morgan fingerprint density at radius 3 is 2.78 bits per heavy atom. The summed E-state index contributed by atoms with van der Waals surface area (Å²) in [5, 5.41) is 18.8. The molecule has 1 atom stereocenters. The molecule has 0 spiro atoms. The molecule has 6 heteroatoms. The van der Waals surface area contributed by atoms with E-state index in [-0.39, 0.29) is 0 Å². The number of aryl methyl sites for hydroxylation is 2. The zero-order valence-electron chi connectivity index (χ0n) is 10.4. The van der Waals surface area contributed by atoms with Gasteiger partial charge >= 0.3 is 0 Å². The number of aliphatic hydroxyl groups is 1. The predicted molar refractivity (Wildman–Crippen MR) is 64.1 cm³/mol. The third-order valence-corrected chi connectivity index (χ3v) is 3.28. The maximum absolute atomic E-state index is 10.3. The van der Waals surface area contributed by atoms with Gasteiger partial charge in [-0.15, -0.1) is 0 Å². The molecule has 1 saturated heterocycles. The fraction of sp³-hybridized carbons (Fsp3) is 0.500. The molecule has 2 aromatic rings. The first-order chi connectivity index (χ1) is 8.65. The van der Waals surface area contributed by atoms with Crippen LogP contribution in [0.3, 0.4) is 0 Å². The van der Waals surface area contributed by atoms with Crippen molar-refractivity contribution in [2.45, 2.75) is 19.1 Å². The molecule has 1 unspecified atom stereocenters. The van der Waals surface area contributed by atoms with E-state index in [9.17, 15) is 5.11 Å². The molecular formula is C12H16N4O2. The van der Waals surface area contributed by atoms with Gasteiger partial charge in [-0.1, -0.05) is 0 Å². The fourth-order valence-corrected chi connectivity index (χ4v) is 2.14. The van der Waals surface area contributed by atoms with Crippen molar-refractivity contribution in [3.63, 3.8) is 0 Å². The topological polar surface area (TPSA) is 65.1 Å². The average molecular weight is 248 g/mol. The third kappa shape index (κ3) is 1.83. The van der Waals surface area contributed by atoms with Gasteiger partial charge < -0.3 is 9.84 Å². The van der Waals surface area contributed by atoms with Crippen LogP contribution in [0.25, 0.3) is 0 Å². The van der Waals surface area contributed by atoms with Crippen LogP contribution in [0.15, 0.2) is 18.6 Å². The monoisotopic (exact) mass is 248 g/mol. The van der Waals surface area contributed by atoms with Gasteiger partial charge in [0, 0.05) is 30.6 Å². The van der Waals surface area contributed by atoms with Gasteiger partial charge in [-0.05, 0) is 6.92 Å². The molecular weight excluding hydrogens is 232 g/mol. The Labute approximate surface area is 105 Å². The number of hydrogen-bond donors (Lipinski definition) is 1. The van der Waals surface area contributed by atoms with Crippen LogP contribution in [-0.4, -0.2) is 37.9 Å². The molecule has 2 aromatic heterocycles. The maximum Gasteiger partial charge on any atom is 0.110 e. The number of ether oxygens (including phenoxy) is 1. The smallest absolute Gasteiger partial charge is 0.110 e. The van der Waals surface area contributed by atoms with E-state index in [2.05, 4.69) is 10.2 Å². The van der Waals surface area contributed by atoms with E-state index in [0.717, 1.165) is 16.8 Å². The highest BCUT2D eigenvalue weighted by Gasteiger charge is 2.23. The minimum absolute atomic E-state index is 0.306. The average Bonchev–Trinajstić information content (AvgIpc) is 2.82. The molecule has 3 heterocycles. The Bertz CT molecular complexity index is 556. The van der Waals surface area contributed by atoms with Crippen LogP contribution in [0.2, 0.25) is 0 Å². The predicted octanol–water partition coefficient (Wildman–Crippen LogP) is 0.578. The van der Waals surface area contributed by atoms with Crippen LogP contribution in [-0.2, 0) is 11.8 Å². The van der Waals surface area contributed by atoms with Crippen LogP contribution in [0.5, 0.6) is 0 Å². The molecule has 1 aliphatic heterocycles. The summed E-state index contributed by atoms with van der Waals surface area (Å²) in [7, 11) is 1.85. The van der Waals surface area contributed by atoms with Crippen LogP contribution < -0.4 is 0 Å². The van der Waals surface area contributed by atoms with Crippen LogP contribution in [0.1, 0.15) is 29.0 Å². The van der Waals surface area contributed by atoms with Crippen LogP contribution >= 0.6 is 0 Å². The molecule has 1 fully saturated rings. The van der Waals surface area contributed by atoms with E-state index in [1.807, 2.05) is 31.0 Å². The molecule has 0 amide bonds. The summed E-state index contributed by atoms with van der Waals surface area (Å²) in [6.45, 7) is 3.29. The quantitative estimate of drug-likeness (QED) is 0.863. The molecule has 0 aromatic carbocycles. The third-order valence-electron chi connectivity index (χ3n) is 3.28. The van der Waals surface area contributed by atoms with Gasteiger partial charge in [-0.3, -0.25) is 9.36 Å². The summed E-state index contributed by atoms with van der Waals surface area (Å²) in [5.74, 6) is 0.